The van der Waals surface area contributed by atoms with Gasteiger partial charge in [-0.15, -0.1) is 0 Å². The number of hydrogen-bond donors (Lipinski definition) is 1. The lowest BCUT2D eigenvalue weighted by molar-refractivity contribution is -0.125. The van der Waals surface area contributed by atoms with Gasteiger partial charge in [0.2, 0.25) is 0 Å². The number of ether oxygens (including phenoxy) is 1. The predicted molar refractivity (Wildman–Crippen MR) is 55.4 cm³/mol. The first kappa shape index (κ1) is 13.7. The summed E-state index contributed by atoms with van der Waals surface area (Å²) >= 11 is 0. The summed E-state index contributed by atoms with van der Waals surface area (Å²) in [6.07, 6.45) is -3.96. The van der Waals surface area contributed by atoms with Crippen molar-refractivity contribution in [3.63, 3.8) is 0 Å². The highest BCUT2D eigenvalue weighted by molar-refractivity contribution is 4.75. The van der Waals surface area contributed by atoms with Crippen molar-refractivity contribution < 1.29 is 17.9 Å². The first-order valence-corrected chi connectivity index (χ1v) is 5.51. The molecule has 1 saturated heterocycles. The van der Waals surface area contributed by atoms with E-state index in [1.165, 1.54) is 0 Å². The van der Waals surface area contributed by atoms with Gasteiger partial charge in [0.05, 0.1) is 19.3 Å². The van der Waals surface area contributed by atoms with Crippen LogP contribution in [0.5, 0.6) is 0 Å². The van der Waals surface area contributed by atoms with Gasteiger partial charge in [0, 0.05) is 25.7 Å². The van der Waals surface area contributed by atoms with Gasteiger partial charge in [-0.3, -0.25) is 4.90 Å². The van der Waals surface area contributed by atoms with Crippen LogP contribution in [0.2, 0.25) is 0 Å². The van der Waals surface area contributed by atoms with Gasteiger partial charge in [-0.1, -0.05) is 0 Å². The second kappa shape index (κ2) is 5.84. The molecule has 1 fully saturated rings. The van der Waals surface area contributed by atoms with Crippen molar-refractivity contribution in [1.82, 2.24) is 10.2 Å². The highest BCUT2D eigenvalue weighted by atomic mass is 19.4. The third-order valence-corrected chi connectivity index (χ3v) is 2.66. The fraction of sp³-hybridized carbons (Fsp3) is 1.00. The number of nitrogens with one attached hydrogen (secondary N) is 1. The molecule has 0 spiro atoms. The van der Waals surface area contributed by atoms with E-state index in [1.807, 2.05) is 13.8 Å². The summed E-state index contributed by atoms with van der Waals surface area (Å²) in [5.74, 6) is 0. The Morgan fingerprint density at radius 1 is 1.50 bits per heavy atom. The molecule has 1 N–H and O–H groups in total. The molecule has 3 nitrogen and oxygen atoms in total. The maximum Gasteiger partial charge on any atom is 0.401 e. The van der Waals surface area contributed by atoms with Gasteiger partial charge in [-0.05, 0) is 13.8 Å². The molecule has 0 bridgehead atoms. The third kappa shape index (κ3) is 5.14. The second-order valence-electron chi connectivity index (χ2n) is 4.27. The summed E-state index contributed by atoms with van der Waals surface area (Å²) in [4.78, 5) is 2.15. The van der Waals surface area contributed by atoms with E-state index in [1.54, 1.807) is 0 Å². The minimum atomic E-state index is -4.13. The molecule has 1 rings (SSSR count). The van der Waals surface area contributed by atoms with Gasteiger partial charge < -0.3 is 10.1 Å². The van der Waals surface area contributed by atoms with Gasteiger partial charge in [0.1, 0.15) is 0 Å². The standard InChI is InChI=1S/C10H19F3N2O/c1-8(5-14-7-10(11,12)13)15-3-4-16-9(2)6-15/h8-9,14H,3-7H2,1-2H3. The van der Waals surface area contributed by atoms with Gasteiger partial charge in [-0.25, -0.2) is 0 Å². The van der Waals surface area contributed by atoms with Crippen LogP contribution in [0.25, 0.3) is 0 Å². The zero-order valence-electron chi connectivity index (χ0n) is 9.68. The highest BCUT2D eigenvalue weighted by Crippen LogP contribution is 2.13. The zero-order valence-corrected chi connectivity index (χ0v) is 9.68. The number of nitrogens with zero attached hydrogens (tertiary/aromatic N) is 1. The quantitative estimate of drug-likeness (QED) is 0.800. The van der Waals surface area contributed by atoms with Gasteiger partial charge in [-0.2, -0.15) is 13.2 Å². The Labute approximate surface area is 93.9 Å². The monoisotopic (exact) mass is 240 g/mol. The second-order valence-corrected chi connectivity index (χ2v) is 4.27. The molecule has 1 heterocycles. The van der Waals surface area contributed by atoms with E-state index in [4.69, 9.17) is 4.74 Å². The molecule has 2 unspecified atom stereocenters. The summed E-state index contributed by atoms with van der Waals surface area (Å²) in [6, 6.07) is 0.105. The Morgan fingerprint density at radius 2 is 2.19 bits per heavy atom. The topological polar surface area (TPSA) is 24.5 Å². The predicted octanol–water partition coefficient (Wildman–Crippen LogP) is 1.25. The molecule has 0 aromatic rings. The minimum absolute atomic E-state index is 0.105. The molecule has 0 amide bonds. The summed E-state index contributed by atoms with van der Waals surface area (Å²) < 4.78 is 41.1. The van der Waals surface area contributed by atoms with Crippen molar-refractivity contribution in [1.29, 1.82) is 0 Å². The van der Waals surface area contributed by atoms with Crippen molar-refractivity contribution in [3.05, 3.63) is 0 Å². The largest absolute Gasteiger partial charge is 0.401 e. The van der Waals surface area contributed by atoms with E-state index in [-0.39, 0.29) is 12.1 Å². The van der Waals surface area contributed by atoms with Crippen LogP contribution in [0, 0.1) is 0 Å². The maximum atomic E-state index is 11.9. The molecule has 0 radical (unpaired) electrons. The average molecular weight is 240 g/mol. The molecular formula is C10H19F3N2O. The van der Waals surface area contributed by atoms with Crippen molar-refractivity contribution in [3.8, 4) is 0 Å². The molecule has 0 aliphatic carbocycles. The van der Waals surface area contributed by atoms with E-state index < -0.39 is 12.7 Å². The van der Waals surface area contributed by atoms with Crippen LogP contribution in [0.15, 0.2) is 0 Å². The molecule has 0 aromatic carbocycles. The van der Waals surface area contributed by atoms with Crippen LogP contribution in [-0.4, -0.2) is 56.0 Å². The van der Waals surface area contributed by atoms with Gasteiger partial charge in [0.25, 0.3) is 0 Å². The van der Waals surface area contributed by atoms with Crippen molar-refractivity contribution in [2.24, 2.45) is 0 Å². The number of hydrogen-bond acceptors (Lipinski definition) is 3. The van der Waals surface area contributed by atoms with Gasteiger partial charge in [0.15, 0.2) is 0 Å². The normalized spacial score (nSPS) is 25.7. The summed E-state index contributed by atoms with van der Waals surface area (Å²) in [5.41, 5.74) is 0. The fourth-order valence-corrected chi connectivity index (χ4v) is 1.80. The van der Waals surface area contributed by atoms with Crippen molar-refractivity contribution in [2.45, 2.75) is 32.2 Å². The molecule has 96 valence electrons. The molecule has 16 heavy (non-hydrogen) atoms. The first-order chi connectivity index (χ1) is 7.38. The summed E-state index contributed by atoms with van der Waals surface area (Å²) in [5, 5.41) is 2.43. The third-order valence-electron chi connectivity index (χ3n) is 2.66. The summed E-state index contributed by atoms with van der Waals surface area (Å²) in [7, 11) is 0. The van der Waals surface area contributed by atoms with E-state index in [0.717, 1.165) is 13.1 Å². The number of alkyl halides is 3. The van der Waals surface area contributed by atoms with E-state index >= 15 is 0 Å². The smallest absolute Gasteiger partial charge is 0.376 e. The van der Waals surface area contributed by atoms with E-state index in [9.17, 15) is 13.2 Å². The first-order valence-electron chi connectivity index (χ1n) is 5.51. The Morgan fingerprint density at radius 3 is 2.75 bits per heavy atom. The molecule has 1 aliphatic rings. The molecule has 2 atom stereocenters. The Bertz CT molecular complexity index is 211. The molecule has 6 heteroatoms. The number of halogens is 3. The van der Waals surface area contributed by atoms with Crippen LogP contribution in [-0.2, 0) is 4.74 Å². The molecular weight excluding hydrogens is 221 g/mol. The molecule has 0 saturated carbocycles. The van der Waals surface area contributed by atoms with E-state index in [0.29, 0.717) is 13.2 Å². The zero-order chi connectivity index (χ0) is 12.2. The van der Waals surface area contributed by atoms with Gasteiger partial charge >= 0.3 is 6.18 Å². The minimum Gasteiger partial charge on any atom is -0.376 e. The number of morpholine rings is 1. The van der Waals surface area contributed by atoms with Crippen molar-refractivity contribution >= 4 is 0 Å². The molecule has 1 aliphatic heterocycles. The van der Waals surface area contributed by atoms with E-state index in [2.05, 4.69) is 10.2 Å². The van der Waals surface area contributed by atoms with Crippen molar-refractivity contribution in [2.75, 3.05) is 32.8 Å². The lowest BCUT2D eigenvalue weighted by Gasteiger charge is -2.35. The van der Waals surface area contributed by atoms with Crippen LogP contribution >= 0.6 is 0 Å². The average Bonchev–Trinajstić information content (AvgIpc) is 2.15. The van der Waals surface area contributed by atoms with Crippen LogP contribution in [0.1, 0.15) is 13.8 Å². The lowest BCUT2D eigenvalue weighted by atomic mass is 10.2. The van der Waals surface area contributed by atoms with Crippen LogP contribution < -0.4 is 5.32 Å². The fourth-order valence-electron chi connectivity index (χ4n) is 1.80. The number of rotatable bonds is 4. The van der Waals surface area contributed by atoms with Crippen LogP contribution in [0.4, 0.5) is 13.2 Å². The molecule has 0 aromatic heterocycles. The lowest BCUT2D eigenvalue weighted by Crippen LogP contribution is -2.49. The highest BCUT2D eigenvalue weighted by Gasteiger charge is 2.27. The summed E-state index contributed by atoms with van der Waals surface area (Å²) in [6.45, 7) is 5.58. The Hall–Kier alpha value is -0.330. The Balaban J connectivity index is 2.21. The SMILES string of the molecule is CC1CN(C(C)CNCC(F)(F)F)CCO1. The maximum absolute atomic E-state index is 11.9. The van der Waals surface area contributed by atoms with Crippen LogP contribution in [0.3, 0.4) is 0 Å². The Kier molecular flexibility index (Phi) is 5.01.